The molecule has 1 rings (SSSR count). The number of carbonyl (C=O) groups excluding carboxylic acids is 2. The van der Waals surface area contributed by atoms with Gasteiger partial charge in [0, 0.05) is 19.4 Å². The van der Waals surface area contributed by atoms with Gasteiger partial charge in [0.2, 0.25) is 11.8 Å². The zero-order chi connectivity index (χ0) is 13.8. The van der Waals surface area contributed by atoms with E-state index < -0.39 is 11.4 Å². The molecule has 1 aliphatic rings. The van der Waals surface area contributed by atoms with Gasteiger partial charge in [0.1, 0.15) is 0 Å². The van der Waals surface area contributed by atoms with Crippen LogP contribution in [0.2, 0.25) is 0 Å². The molecule has 1 aliphatic heterocycles. The van der Waals surface area contributed by atoms with E-state index in [9.17, 15) is 14.4 Å². The van der Waals surface area contributed by atoms with E-state index >= 15 is 0 Å². The first-order valence-corrected chi connectivity index (χ1v) is 6.47. The van der Waals surface area contributed by atoms with Crippen LogP contribution in [0.3, 0.4) is 0 Å². The van der Waals surface area contributed by atoms with Crippen molar-refractivity contribution < 1.29 is 19.5 Å². The van der Waals surface area contributed by atoms with Crippen LogP contribution in [-0.2, 0) is 14.4 Å². The third kappa shape index (κ3) is 3.31. The van der Waals surface area contributed by atoms with Crippen molar-refractivity contribution in [3.05, 3.63) is 0 Å². The van der Waals surface area contributed by atoms with Crippen LogP contribution in [0.4, 0.5) is 0 Å². The molecule has 0 radical (unpaired) electrons. The van der Waals surface area contributed by atoms with Gasteiger partial charge in [-0.25, -0.2) is 0 Å². The maximum absolute atomic E-state index is 12.1. The van der Waals surface area contributed by atoms with Crippen LogP contribution < -0.4 is 0 Å². The van der Waals surface area contributed by atoms with Gasteiger partial charge < -0.3 is 5.11 Å². The van der Waals surface area contributed by atoms with Gasteiger partial charge in [-0.2, -0.15) is 0 Å². The van der Waals surface area contributed by atoms with Gasteiger partial charge >= 0.3 is 5.97 Å². The Balaban J connectivity index is 2.37. The van der Waals surface area contributed by atoms with Crippen LogP contribution in [0.5, 0.6) is 0 Å². The molecule has 102 valence electrons. The number of imide groups is 1. The molecule has 1 unspecified atom stereocenters. The molecule has 1 saturated heterocycles. The first-order chi connectivity index (χ1) is 8.40. The normalized spacial score (nSPS) is 23.8. The predicted molar refractivity (Wildman–Crippen MR) is 65.8 cm³/mol. The molecule has 1 atom stereocenters. The zero-order valence-electron chi connectivity index (χ0n) is 11.1. The molecule has 0 aromatic heterocycles. The van der Waals surface area contributed by atoms with E-state index in [1.165, 1.54) is 4.90 Å². The lowest BCUT2D eigenvalue weighted by Gasteiger charge is -2.20. The van der Waals surface area contributed by atoms with Crippen LogP contribution in [0, 0.1) is 5.41 Å². The van der Waals surface area contributed by atoms with Crippen molar-refractivity contribution in [2.24, 2.45) is 5.41 Å². The number of aliphatic carboxylic acids is 1. The van der Waals surface area contributed by atoms with Gasteiger partial charge in [-0.15, -0.1) is 0 Å². The topological polar surface area (TPSA) is 74.7 Å². The first kappa shape index (κ1) is 14.7. The van der Waals surface area contributed by atoms with E-state index in [0.717, 1.165) is 6.42 Å². The van der Waals surface area contributed by atoms with Crippen molar-refractivity contribution in [3.63, 3.8) is 0 Å². The largest absolute Gasteiger partial charge is 0.481 e. The Bertz CT molecular complexity index is 353. The van der Waals surface area contributed by atoms with E-state index in [1.807, 2.05) is 13.8 Å². The standard InChI is InChI=1S/C13H21NO4/c1-3-13(2)9-10(15)14(12(13)18)8-6-4-5-7-11(16)17/h3-9H2,1-2H3,(H,16,17). The molecule has 2 amide bonds. The number of amides is 2. The molecule has 1 N–H and O–H groups in total. The molecule has 0 saturated carbocycles. The summed E-state index contributed by atoms with van der Waals surface area (Å²) in [5.41, 5.74) is -0.530. The van der Waals surface area contributed by atoms with E-state index in [2.05, 4.69) is 0 Å². The third-order valence-corrected chi connectivity index (χ3v) is 3.66. The second-order valence-corrected chi connectivity index (χ2v) is 5.15. The van der Waals surface area contributed by atoms with Gasteiger partial charge in [-0.05, 0) is 19.3 Å². The molecule has 0 spiro atoms. The highest BCUT2D eigenvalue weighted by atomic mass is 16.4. The molecule has 18 heavy (non-hydrogen) atoms. The van der Waals surface area contributed by atoms with Crippen molar-refractivity contribution in [1.29, 1.82) is 0 Å². The monoisotopic (exact) mass is 255 g/mol. The molecule has 0 bridgehead atoms. The smallest absolute Gasteiger partial charge is 0.303 e. The van der Waals surface area contributed by atoms with E-state index in [4.69, 9.17) is 5.11 Å². The summed E-state index contributed by atoms with van der Waals surface area (Å²) in [5, 5.41) is 8.49. The SMILES string of the molecule is CCC1(C)CC(=O)N(CCCCCC(=O)O)C1=O. The molecule has 0 aromatic rings. The van der Waals surface area contributed by atoms with Crippen molar-refractivity contribution in [1.82, 2.24) is 4.90 Å². The molecular formula is C13H21NO4. The fraction of sp³-hybridized carbons (Fsp3) is 0.769. The number of rotatable bonds is 7. The van der Waals surface area contributed by atoms with E-state index in [0.29, 0.717) is 32.2 Å². The number of unbranched alkanes of at least 4 members (excludes halogenated alkanes) is 2. The van der Waals surface area contributed by atoms with Crippen molar-refractivity contribution >= 4 is 17.8 Å². The van der Waals surface area contributed by atoms with Crippen LogP contribution >= 0.6 is 0 Å². The summed E-state index contributed by atoms with van der Waals surface area (Å²) < 4.78 is 0. The molecule has 0 aliphatic carbocycles. The number of hydrogen-bond donors (Lipinski definition) is 1. The summed E-state index contributed by atoms with van der Waals surface area (Å²) in [6, 6.07) is 0. The summed E-state index contributed by atoms with van der Waals surface area (Å²) in [7, 11) is 0. The molecular weight excluding hydrogens is 234 g/mol. The van der Waals surface area contributed by atoms with Gasteiger partial charge in [0.25, 0.3) is 0 Å². The highest BCUT2D eigenvalue weighted by molar-refractivity contribution is 6.05. The van der Waals surface area contributed by atoms with Gasteiger partial charge in [-0.1, -0.05) is 20.3 Å². The van der Waals surface area contributed by atoms with Crippen molar-refractivity contribution in [2.75, 3.05) is 6.54 Å². The lowest BCUT2D eigenvalue weighted by atomic mass is 9.86. The Morgan fingerprint density at radius 3 is 2.50 bits per heavy atom. The Hall–Kier alpha value is -1.39. The molecule has 1 heterocycles. The van der Waals surface area contributed by atoms with Crippen LogP contribution in [-0.4, -0.2) is 34.3 Å². The average Bonchev–Trinajstić information content (AvgIpc) is 2.52. The van der Waals surface area contributed by atoms with Crippen LogP contribution in [0.25, 0.3) is 0 Å². The molecule has 5 nitrogen and oxygen atoms in total. The van der Waals surface area contributed by atoms with Gasteiger partial charge in [-0.3, -0.25) is 19.3 Å². The Labute approximate surface area is 107 Å². The van der Waals surface area contributed by atoms with Gasteiger partial charge in [0.05, 0.1) is 5.41 Å². The third-order valence-electron chi connectivity index (χ3n) is 3.66. The number of carboxylic acids is 1. The maximum atomic E-state index is 12.1. The number of nitrogens with zero attached hydrogens (tertiary/aromatic N) is 1. The number of hydrogen-bond acceptors (Lipinski definition) is 3. The lowest BCUT2D eigenvalue weighted by Crippen LogP contribution is -2.34. The highest BCUT2D eigenvalue weighted by Crippen LogP contribution is 2.35. The number of carboxylic acid groups (broad SMARTS) is 1. The quantitative estimate of drug-likeness (QED) is 0.556. The minimum atomic E-state index is -0.804. The second-order valence-electron chi connectivity index (χ2n) is 5.15. The minimum absolute atomic E-state index is 0.0757. The Morgan fingerprint density at radius 1 is 1.33 bits per heavy atom. The van der Waals surface area contributed by atoms with E-state index in [1.54, 1.807) is 0 Å². The predicted octanol–water partition coefficient (Wildman–Crippen LogP) is 1.81. The minimum Gasteiger partial charge on any atom is -0.481 e. The summed E-state index contributed by atoms with van der Waals surface area (Å²) in [4.78, 5) is 35.5. The number of carbonyl (C=O) groups is 3. The average molecular weight is 255 g/mol. The van der Waals surface area contributed by atoms with E-state index in [-0.39, 0.29) is 18.2 Å². The van der Waals surface area contributed by atoms with Crippen molar-refractivity contribution in [3.8, 4) is 0 Å². The molecule has 5 heteroatoms. The highest BCUT2D eigenvalue weighted by Gasteiger charge is 2.46. The fourth-order valence-electron chi connectivity index (χ4n) is 2.17. The maximum Gasteiger partial charge on any atom is 0.303 e. The second kappa shape index (κ2) is 5.98. The number of likely N-dealkylation sites (tertiary alicyclic amines) is 1. The zero-order valence-corrected chi connectivity index (χ0v) is 11.1. The van der Waals surface area contributed by atoms with Crippen LogP contribution in [0.1, 0.15) is 52.4 Å². The lowest BCUT2D eigenvalue weighted by molar-refractivity contribution is -0.141. The summed E-state index contributed by atoms with van der Waals surface area (Å²) in [5.74, 6) is -0.974. The first-order valence-electron chi connectivity index (χ1n) is 6.47. The Kier molecular flexibility index (Phi) is 4.87. The Morgan fingerprint density at radius 2 is 2.00 bits per heavy atom. The summed E-state index contributed by atoms with van der Waals surface area (Å²) >= 11 is 0. The molecule has 0 aromatic carbocycles. The van der Waals surface area contributed by atoms with Gasteiger partial charge in [0.15, 0.2) is 0 Å². The summed E-state index contributed by atoms with van der Waals surface area (Å²) in [6.07, 6.45) is 3.13. The van der Waals surface area contributed by atoms with Crippen LogP contribution in [0.15, 0.2) is 0 Å². The molecule has 1 fully saturated rings. The summed E-state index contributed by atoms with van der Waals surface area (Å²) in [6.45, 7) is 4.17. The van der Waals surface area contributed by atoms with Crippen molar-refractivity contribution in [2.45, 2.75) is 52.4 Å². The fourth-order valence-corrected chi connectivity index (χ4v) is 2.17.